The first kappa shape index (κ1) is 25.2. The highest BCUT2D eigenvalue weighted by Crippen LogP contribution is 2.31. The van der Waals surface area contributed by atoms with Crippen molar-refractivity contribution in [1.29, 1.82) is 0 Å². The quantitative estimate of drug-likeness (QED) is 0.292. The van der Waals surface area contributed by atoms with E-state index in [1.54, 1.807) is 6.07 Å². The maximum Gasteiger partial charge on any atom is 0.233 e. The molecule has 0 N–H and O–H groups in total. The molecule has 0 unspecified atom stereocenters. The van der Waals surface area contributed by atoms with Crippen LogP contribution in [0.1, 0.15) is 18.4 Å². The Morgan fingerprint density at radius 1 is 1.12 bits per heavy atom. The van der Waals surface area contributed by atoms with Crippen LogP contribution in [0.2, 0.25) is 5.15 Å². The van der Waals surface area contributed by atoms with E-state index >= 15 is 0 Å². The lowest BCUT2D eigenvalue weighted by molar-refractivity contribution is -0.186. The molecule has 1 amide bonds. The van der Waals surface area contributed by atoms with Crippen molar-refractivity contribution >= 4 is 35.1 Å². The third-order valence-corrected chi connectivity index (χ3v) is 7.06. The SMILES string of the molecule is CN(C)CCN(Cc1ccccc1)c1cc(Cl)nc(SCC(=O)N2CCC3(CC2)OCCO3)n1. The van der Waals surface area contributed by atoms with E-state index in [1.807, 2.05) is 37.2 Å². The second-order valence-corrected chi connectivity index (χ2v) is 10.1. The number of piperidine rings is 1. The smallest absolute Gasteiger partial charge is 0.233 e. The molecule has 8 nitrogen and oxygen atoms in total. The van der Waals surface area contributed by atoms with E-state index in [1.165, 1.54) is 17.3 Å². The number of ether oxygens (including phenoxy) is 2. The van der Waals surface area contributed by atoms with Crippen molar-refractivity contribution in [2.45, 2.75) is 30.3 Å². The predicted molar refractivity (Wildman–Crippen MR) is 134 cm³/mol. The minimum atomic E-state index is -0.482. The molecular weight excluding hydrogens is 474 g/mol. The molecule has 2 saturated heterocycles. The number of benzene rings is 1. The molecule has 10 heteroatoms. The van der Waals surface area contributed by atoms with Crippen LogP contribution in [-0.2, 0) is 20.8 Å². The van der Waals surface area contributed by atoms with E-state index in [4.69, 9.17) is 26.1 Å². The van der Waals surface area contributed by atoms with E-state index in [0.29, 0.717) is 56.0 Å². The molecule has 1 aromatic heterocycles. The Hall–Kier alpha value is -1.91. The number of carbonyl (C=O) groups excluding carboxylic acids is 1. The van der Waals surface area contributed by atoms with Gasteiger partial charge in [0.1, 0.15) is 11.0 Å². The maximum absolute atomic E-state index is 12.8. The largest absolute Gasteiger partial charge is 0.351 e. The standard InChI is InChI=1S/C24H32ClN5O3S/c1-28(2)12-13-30(17-19-6-4-3-5-7-19)21-16-20(25)26-23(27-21)34-18-22(31)29-10-8-24(9-11-29)32-14-15-33-24/h3-7,16H,8-15,17-18H2,1-2H3. The van der Waals surface area contributed by atoms with Crippen molar-refractivity contribution in [1.82, 2.24) is 19.8 Å². The monoisotopic (exact) mass is 505 g/mol. The van der Waals surface area contributed by atoms with Crippen LogP contribution in [0.25, 0.3) is 0 Å². The molecule has 0 saturated carbocycles. The number of likely N-dealkylation sites (N-methyl/N-ethyl adjacent to an activating group) is 1. The van der Waals surface area contributed by atoms with Crippen LogP contribution < -0.4 is 4.90 Å². The Morgan fingerprint density at radius 2 is 1.82 bits per heavy atom. The molecule has 0 atom stereocenters. The number of nitrogens with zero attached hydrogens (tertiary/aromatic N) is 5. The Balaban J connectivity index is 1.39. The Kier molecular flexibility index (Phi) is 8.65. The molecule has 34 heavy (non-hydrogen) atoms. The summed E-state index contributed by atoms with van der Waals surface area (Å²) in [6.07, 6.45) is 1.42. The van der Waals surface area contributed by atoms with E-state index in [2.05, 4.69) is 26.9 Å². The van der Waals surface area contributed by atoms with Gasteiger partial charge in [0.15, 0.2) is 10.9 Å². The highest BCUT2D eigenvalue weighted by Gasteiger charge is 2.40. The van der Waals surface area contributed by atoms with Gasteiger partial charge in [-0.1, -0.05) is 53.7 Å². The number of halogens is 1. The van der Waals surface area contributed by atoms with E-state index in [-0.39, 0.29) is 11.7 Å². The first-order valence-corrected chi connectivity index (χ1v) is 13.0. The molecule has 2 aromatic rings. The number of rotatable bonds is 9. The Labute approximate surface area is 210 Å². The van der Waals surface area contributed by atoms with Crippen LogP contribution in [-0.4, -0.2) is 90.7 Å². The summed E-state index contributed by atoms with van der Waals surface area (Å²) in [4.78, 5) is 28.1. The number of carbonyl (C=O) groups is 1. The van der Waals surface area contributed by atoms with Gasteiger partial charge in [-0.25, -0.2) is 9.97 Å². The molecular formula is C24H32ClN5O3S. The number of aromatic nitrogens is 2. The molecule has 1 aromatic carbocycles. The zero-order valence-electron chi connectivity index (χ0n) is 19.8. The third-order valence-electron chi connectivity index (χ3n) is 6.03. The van der Waals surface area contributed by atoms with Gasteiger partial charge in [-0.3, -0.25) is 4.79 Å². The van der Waals surface area contributed by atoms with Gasteiger partial charge in [-0.15, -0.1) is 0 Å². The average molecular weight is 506 g/mol. The van der Waals surface area contributed by atoms with Crippen molar-refractivity contribution in [2.24, 2.45) is 0 Å². The van der Waals surface area contributed by atoms with Crippen LogP contribution in [0.3, 0.4) is 0 Å². The summed E-state index contributed by atoms with van der Waals surface area (Å²) < 4.78 is 11.5. The van der Waals surface area contributed by atoms with Crippen molar-refractivity contribution in [2.75, 3.05) is 64.1 Å². The Bertz CT molecular complexity index is 949. The molecule has 0 aliphatic carbocycles. The lowest BCUT2D eigenvalue weighted by Gasteiger charge is -2.37. The summed E-state index contributed by atoms with van der Waals surface area (Å²) in [5.74, 6) is 0.613. The number of thioether (sulfide) groups is 1. The highest BCUT2D eigenvalue weighted by atomic mass is 35.5. The second kappa shape index (κ2) is 11.7. The molecule has 2 aliphatic rings. The number of likely N-dealkylation sites (tertiary alicyclic amines) is 1. The van der Waals surface area contributed by atoms with Gasteiger partial charge in [0.2, 0.25) is 5.91 Å². The molecule has 0 bridgehead atoms. The zero-order valence-corrected chi connectivity index (χ0v) is 21.4. The van der Waals surface area contributed by atoms with Gasteiger partial charge >= 0.3 is 0 Å². The average Bonchev–Trinajstić information content (AvgIpc) is 3.28. The topological polar surface area (TPSA) is 71.0 Å². The van der Waals surface area contributed by atoms with Crippen LogP contribution in [0.5, 0.6) is 0 Å². The van der Waals surface area contributed by atoms with E-state index in [0.717, 1.165) is 18.9 Å². The van der Waals surface area contributed by atoms with Crippen molar-refractivity contribution in [3.8, 4) is 0 Å². The first-order valence-electron chi connectivity index (χ1n) is 11.6. The summed E-state index contributed by atoms with van der Waals surface area (Å²) >= 11 is 7.69. The minimum Gasteiger partial charge on any atom is -0.351 e. The molecule has 4 rings (SSSR count). The van der Waals surface area contributed by atoms with Crippen molar-refractivity contribution in [3.05, 3.63) is 47.1 Å². The normalized spacial score (nSPS) is 17.5. The highest BCUT2D eigenvalue weighted by molar-refractivity contribution is 7.99. The fourth-order valence-corrected chi connectivity index (χ4v) is 5.10. The molecule has 0 radical (unpaired) electrons. The number of anilines is 1. The van der Waals surface area contributed by atoms with E-state index in [9.17, 15) is 4.79 Å². The summed E-state index contributed by atoms with van der Waals surface area (Å²) in [7, 11) is 4.10. The maximum atomic E-state index is 12.8. The summed E-state index contributed by atoms with van der Waals surface area (Å²) in [5, 5.41) is 0.882. The lowest BCUT2D eigenvalue weighted by Crippen LogP contribution is -2.47. The fraction of sp³-hybridized carbons (Fsp3) is 0.542. The Morgan fingerprint density at radius 3 is 2.50 bits per heavy atom. The van der Waals surface area contributed by atoms with Gasteiger partial charge in [-0.05, 0) is 19.7 Å². The van der Waals surface area contributed by atoms with Crippen molar-refractivity contribution in [3.63, 3.8) is 0 Å². The summed E-state index contributed by atoms with van der Waals surface area (Å²) in [5.41, 5.74) is 1.19. The van der Waals surface area contributed by atoms with Gasteiger partial charge in [0.25, 0.3) is 0 Å². The summed E-state index contributed by atoms with van der Waals surface area (Å²) in [6, 6.07) is 12.1. The van der Waals surface area contributed by atoms with Crippen LogP contribution >= 0.6 is 23.4 Å². The predicted octanol–water partition coefficient (Wildman–Crippen LogP) is 3.16. The lowest BCUT2D eigenvalue weighted by atomic mass is 10.0. The van der Waals surface area contributed by atoms with Gasteiger partial charge in [0, 0.05) is 51.6 Å². The van der Waals surface area contributed by atoms with Gasteiger partial charge in [-0.2, -0.15) is 0 Å². The van der Waals surface area contributed by atoms with Crippen LogP contribution in [0.15, 0.2) is 41.6 Å². The second-order valence-electron chi connectivity index (χ2n) is 8.82. The first-order chi connectivity index (χ1) is 16.4. The molecule has 3 heterocycles. The molecule has 2 aliphatic heterocycles. The zero-order chi connectivity index (χ0) is 24.0. The van der Waals surface area contributed by atoms with Gasteiger partial charge in [0.05, 0.1) is 19.0 Å². The third kappa shape index (κ3) is 6.82. The molecule has 1 spiro atoms. The molecule has 184 valence electrons. The number of hydrogen-bond acceptors (Lipinski definition) is 8. The van der Waals surface area contributed by atoms with Crippen LogP contribution in [0, 0.1) is 0 Å². The van der Waals surface area contributed by atoms with Crippen LogP contribution in [0.4, 0.5) is 5.82 Å². The molecule has 2 fully saturated rings. The van der Waals surface area contributed by atoms with Gasteiger partial charge < -0.3 is 24.2 Å². The fourth-order valence-electron chi connectivity index (χ4n) is 4.11. The minimum absolute atomic E-state index is 0.0664. The number of amides is 1. The van der Waals surface area contributed by atoms with E-state index < -0.39 is 5.79 Å². The summed E-state index contributed by atoms with van der Waals surface area (Å²) in [6.45, 7) is 4.91. The number of hydrogen-bond donors (Lipinski definition) is 0. The van der Waals surface area contributed by atoms with Crippen molar-refractivity contribution < 1.29 is 14.3 Å².